The number of hydrogen-bond donors (Lipinski definition) is 1. The molecule has 3 heterocycles. The van der Waals surface area contributed by atoms with E-state index in [0.717, 1.165) is 21.6 Å². The molecule has 0 saturated heterocycles. The van der Waals surface area contributed by atoms with E-state index in [2.05, 4.69) is 15.4 Å². The van der Waals surface area contributed by atoms with Gasteiger partial charge in [-0.25, -0.2) is 4.98 Å². The molecular formula is C23H22N6O2S. The van der Waals surface area contributed by atoms with Crippen LogP contribution in [0.3, 0.4) is 0 Å². The van der Waals surface area contributed by atoms with Crippen LogP contribution >= 0.6 is 11.3 Å². The molecule has 8 nitrogen and oxygen atoms in total. The molecule has 0 aliphatic heterocycles. The zero-order chi connectivity index (χ0) is 23.0. The highest BCUT2D eigenvalue weighted by molar-refractivity contribution is 7.19. The van der Waals surface area contributed by atoms with Crippen LogP contribution in [0.15, 0.2) is 41.6 Å². The molecule has 0 spiro atoms. The van der Waals surface area contributed by atoms with Crippen molar-refractivity contribution in [2.75, 3.05) is 5.32 Å². The van der Waals surface area contributed by atoms with Crippen molar-refractivity contribution in [3.63, 3.8) is 0 Å². The molecule has 0 saturated carbocycles. The Morgan fingerprint density at radius 3 is 2.66 bits per heavy atom. The Balaban J connectivity index is 1.80. The van der Waals surface area contributed by atoms with Gasteiger partial charge in [0.1, 0.15) is 28.3 Å². The van der Waals surface area contributed by atoms with Crippen LogP contribution in [0.5, 0.6) is 0 Å². The van der Waals surface area contributed by atoms with Crippen molar-refractivity contribution in [3.8, 4) is 17.2 Å². The smallest absolute Gasteiger partial charge is 0.263 e. The number of nitrogens with one attached hydrogen (secondary N) is 1. The third kappa shape index (κ3) is 3.59. The van der Waals surface area contributed by atoms with E-state index in [1.807, 2.05) is 51.1 Å². The van der Waals surface area contributed by atoms with Crippen molar-refractivity contribution in [2.24, 2.45) is 7.05 Å². The van der Waals surface area contributed by atoms with Crippen molar-refractivity contribution in [2.45, 2.75) is 33.2 Å². The van der Waals surface area contributed by atoms with E-state index in [0.29, 0.717) is 22.5 Å². The van der Waals surface area contributed by atoms with Gasteiger partial charge in [-0.15, -0.1) is 11.3 Å². The normalized spacial score (nSPS) is 12.0. The van der Waals surface area contributed by atoms with Gasteiger partial charge in [0, 0.05) is 17.5 Å². The Bertz CT molecular complexity index is 1420. The summed E-state index contributed by atoms with van der Waals surface area (Å²) in [7, 11) is 1.64. The predicted molar refractivity (Wildman–Crippen MR) is 125 cm³/mol. The molecular weight excluding hydrogens is 424 g/mol. The summed E-state index contributed by atoms with van der Waals surface area (Å²) in [6.07, 6.45) is 3.20. The van der Waals surface area contributed by atoms with Crippen LogP contribution in [0.4, 0.5) is 5.82 Å². The number of carbonyl (C=O) groups is 1. The molecule has 0 fully saturated rings. The quantitative estimate of drug-likeness (QED) is 0.500. The van der Waals surface area contributed by atoms with Gasteiger partial charge in [-0.2, -0.15) is 10.4 Å². The molecule has 1 aromatic carbocycles. The van der Waals surface area contributed by atoms with Crippen LogP contribution in [-0.4, -0.2) is 25.2 Å². The summed E-state index contributed by atoms with van der Waals surface area (Å²) in [6.45, 7) is 5.82. The minimum atomic E-state index is -0.785. The summed E-state index contributed by atoms with van der Waals surface area (Å²) in [5.41, 5.74) is 2.93. The number of rotatable bonds is 5. The molecule has 0 aliphatic rings. The molecule has 0 aliphatic carbocycles. The summed E-state index contributed by atoms with van der Waals surface area (Å²) in [5.74, 6) is -0.107. The second kappa shape index (κ2) is 8.40. The molecule has 162 valence electrons. The summed E-state index contributed by atoms with van der Waals surface area (Å²) in [5, 5.41) is 16.5. The van der Waals surface area contributed by atoms with E-state index in [1.54, 1.807) is 7.05 Å². The zero-order valence-corrected chi connectivity index (χ0v) is 19.0. The Kier molecular flexibility index (Phi) is 5.63. The van der Waals surface area contributed by atoms with Crippen LogP contribution in [0.1, 0.15) is 35.4 Å². The Morgan fingerprint density at radius 2 is 2.00 bits per heavy atom. The van der Waals surface area contributed by atoms with E-state index >= 15 is 0 Å². The van der Waals surface area contributed by atoms with Gasteiger partial charge in [-0.3, -0.25) is 18.8 Å². The molecule has 0 bridgehead atoms. The second-order valence-corrected chi connectivity index (χ2v) is 8.80. The molecule has 32 heavy (non-hydrogen) atoms. The minimum Gasteiger partial charge on any atom is -0.308 e. The first-order valence-corrected chi connectivity index (χ1v) is 11.0. The van der Waals surface area contributed by atoms with E-state index in [1.165, 1.54) is 33.1 Å². The largest absolute Gasteiger partial charge is 0.308 e. The van der Waals surface area contributed by atoms with Crippen LogP contribution in [0.2, 0.25) is 0 Å². The highest BCUT2D eigenvalue weighted by Gasteiger charge is 2.25. The molecule has 1 amide bonds. The molecule has 0 radical (unpaired) electrons. The predicted octanol–water partition coefficient (Wildman–Crippen LogP) is 3.94. The maximum atomic E-state index is 13.6. The molecule has 1 unspecified atom stereocenters. The number of aryl methyl sites for hydroxylation is 3. The number of thiophene rings is 1. The molecule has 1 atom stereocenters. The first kappa shape index (κ1) is 21.5. The van der Waals surface area contributed by atoms with Crippen molar-refractivity contribution in [3.05, 3.63) is 63.1 Å². The van der Waals surface area contributed by atoms with Crippen LogP contribution < -0.4 is 10.9 Å². The van der Waals surface area contributed by atoms with Crippen molar-refractivity contribution < 1.29 is 4.79 Å². The third-order valence-electron chi connectivity index (χ3n) is 5.48. The average Bonchev–Trinajstić information content (AvgIpc) is 3.30. The second-order valence-electron chi connectivity index (χ2n) is 7.59. The lowest BCUT2D eigenvalue weighted by Gasteiger charge is -2.18. The number of nitrogens with zero attached hydrogens (tertiary/aromatic N) is 5. The van der Waals surface area contributed by atoms with Gasteiger partial charge in [0.15, 0.2) is 0 Å². The number of hydrogen-bond acceptors (Lipinski definition) is 6. The fourth-order valence-electron chi connectivity index (χ4n) is 3.78. The fourth-order valence-corrected chi connectivity index (χ4v) is 4.78. The number of nitriles is 1. The van der Waals surface area contributed by atoms with Crippen molar-refractivity contribution >= 4 is 33.3 Å². The third-order valence-corrected chi connectivity index (χ3v) is 6.49. The minimum absolute atomic E-state index is 0.256. The summed E-state index contributed by atoms with van der Waals surface area (Å²) < 4.78 is 2.80. The Morgan fingerprint density at radius 1 is 1.28 bits per heavy atom. The lowest BCUT2D eigenvalue weighted by molar-refractivity contribution is -0.119. The number of aromatic nitrogens is 4. The SMILES string of the molecule is CCC(C(=O)Nc1c(C#N)cnn1C)n1cnc2sc(C)c(-c3ccc(C)cc3)c2c1=O. The highest BCUT2D eigenvalue weighted by atomic mass is 32.1. The summed E-state index contributed by atoms with van der Waals surface area (Å²) in [4.78, 5) is 32.8. The lowest BCUT2D eigenvalue weighted by Crippen LogP contribution is -2.33. The Labute approximate surface area is 188 Å². The van der Waals surface area contributed by atoms with E-state index < -0.39 is 11.9 Å². The van der Waals surface area contributed by atoms with Crippen LogP contribution in [0.25, 0.3) is 21.3 Å². The topological polar surface area (TPSA) is 106 Å². The van der Waals surface area contributed by atoms with Gasteiger partial charge >= 0.3 is 0 Å². The van der Waals surface area contributed by atoms with Gasteiger partial charge in [-0.05, 0) is 25.8 Å². The van der Waals surface area contributed by atoms with E-state index in [9.17, 15) is 14.9 Å². The zero-order valence-electron chi connectivity index (χ0n) is 18.2. The number of benzene rings is 1. The lowest BCUT2D eigenvalue weighted by atomic mass is 10.0. The monoisotopic (exact) mass is 446 g/mol. The van der Waals surface area contributed by atoms with Gasteiger partial charge < -0.3 is 5.32 Å². The highest BCUT2D eigenvalue weighted by Crippen LogP contribution is 2.35. The van der Waals surface area contributed by atoms with Gasteiger partial charge in [0.05, 0.1) is 17.9 Å². The van der Waals surface area contributed by atoms with Crippen LogP contribution in [0, 0.1) is 25.2 Å². The molecule has 1 N–H and O–H groups in total. The maximum Gasteiger partial charge on any atom is 0.263 e. The first-order valence-electron chi connectivity index (χ1n) is 10.2. The molecule has 4 rings (SSSR count). The summed E-state index contributed by atoms with van der Waals surface area (Å²) >= 11 is 1.47. The number of carbonyl (C=O) groups excluding carboxylic acids is 1. The summed E-state index contributed by atoms with van der Waals surface area (Å²) in [6, 6.07) is 9.24. The fraction of sp³-hybridized carbons (Fsp3) is 0.261. The maximum absolute atomic E-state index is 13.6. The number of fused-ring (bicyclic) bond motifs is 1. The average molecular weight is 447 g/mol. The van der Waals surface area contributed by atoms with E-state index in [-0.39, 0.29) is 11.1 Å². The molecule has 4 aromatic rings. The van der Waals surface area contributed by atoms with E-state index in [4.69, 9.17) is 0 Å². The van der Waals surface area contributed by atoms with Gasteiger partial charge in [-0.1, -0.05) is 36.8 Å². The van der Waals surface area contributed by atoms with Gasteiger partial charge in [0.25, 0.3) is 5.56 Å². The van der Waals surface area contributed by atoms with Gasteiger partial charge in [0.2, 0.25) is 5.91 Å². The molecule has 9 heteroatoms. The number of anilines is 1. The first-order chi connectivity index (χ1) is 15.3. The van der Waals surface area contributed by atoms with Crippen molar-refractivity contribution in [1.29, 1.82) is 5.26 Å². The standard InChI is InChI=1S/C23H22N6O2S/c1-5-17(21(30)27-20-16(10-24)11-26-28(20)4)29-12-25-22-19(23(29)31)18(14(3)32-22)15-8-6-13(2)7-9-15/h6-9,11-12,17H,5H2,1-4H3,(H,27,30). The van der Waals surface area contributed by atoms with Crippen molar-refractivity contribution in [1.82, 2.24) is 19.3 Å². The Hall–Kier alpha value is -3.77. The van der Waals surface area contributed by atoms with Crippen LogP contribution in [-0.2, 0) is 11.8 Å². The number of amides is 1. The molecule has 3 aromatic heterocycles.